The van der Waals surface area contributed by atoms with Gasteiger partial charge in [0, 0.05) is 16.7 Å². The van der Waals surface area contributed by atoms with E-state index in [0.717, 1.165) is 4.88 Å². The number of aliphatic hydroxyl groups is 3. The number of carbonyl (C=O) groups excluding carboxylic acids is 2. The van der Waals surface area contributed by atoms with Gasteiger partial charge in [0.2, 0.25) is 11.8 Å². The number of nitrogens with zero attached hydrogens (tertiary/aromatic N) is 1. The summed E-state index contributed by atoms with van der Waals surface area (Å²) in [6.07, 6.45) is -0.146. The predicted molar refractivity (Wildman–Crippen MR) is 104 cm³/mol. The first-order valence-corrected chi connectivity index (χ1v) is 10.9. The number of thiophene rings is 1. The molecule has 9 heteroatoms. The summed E-state index contributed by atoms with van der Waals surface area (Å²) >= 11 is 1.48. The molecule has 2 saturated heterocycles. The van der Waals surface area contributed by atoms with Crippen molar-refractivity contribution in [2.24, 2.45) is 23.7 Å². The summed E-state index contributed by atoms with van der Waals surface area (Å²) in [5.41, 5.74) is 0. The third kappa shape index (κ3) is 2.88. The van der Waals surface area contributed by atoms with Crippen LogP contribution in [0.3, 0.4) is 0 Å². The van der Waals surface area contributed by atoms with E-state index in [2.05, 4.69) is 0 Å². The smallest absolute Gasteiger partial charge is 0.233 e. The lowest BCUT2D eigenvalue weighted by Gasteiger charge is -2.43. The Bertz CT molecular complexity index is 956. The van der Waals surface area contributed by atoms with E-state index in [9.17, 15) is 24.9 Å². The van der Waals surface area contributed by atoms with Gasteiger partial charge in [-0.15, -0.1) is 11.3 Å². The summed E-state index contributed by atoms with van der Waals surface area (Å²) in [6, 6.07) is 7.06. The minimum Gasteiger partial charge on any atom is -0.461 e. The Balaban J connectivity index is 1.46. The Morgan fingerprint density at radius 3 is 2.67 bits per heavy atom. The van der Waals surface area contributed by atoms with Crippen LogP contribution in [-0.2, 0) is 27.5 Å². The number of likely N-dealkylation sites (tertiary alicyclic amines) is 1. The number of hydrogen-bond acceptors (Lipinski definition) is 8. The van der Waals surface area contributed by atoms with Crippen LogP contribution in [0.4, 0.5) is 0 Å². The number of aliphatic hydroxyl groups excluding tert-OH is 2. The normalized spacial score (nSPS) is 35.7. The lowest BCUT2D eigenvalue weighted by atomic mass is 9.64. The molecule has 4 heterocycles. The van der Waals surface area contributed by atoms with Crippen LogP contribution in [0.15, 0.2) is 34.1 Å². The maximum Gasteiger partial charge on any atom is 0.233 e. The molecular weight excluding hydrogens is 410 g/mol. The van der Waals surface area contributed by atoms with Crippen molar-refractivity contribution in [2.75, 3.05) is 6.61 Å². The lowest BCUT2D eigenvalue weighted by Crippen LogP contribution is -2.54. The van der Waals surface area contributed by atoms with E-state index in [1.807, 2.05) is 17.5 Å². The molecule has 8 nitrogen and oxygen atoms in total. The molecule has 1 aliphatic carbocycles. The highest BCUT2D eigenvalue weighted by atomic mass is 32.1. The molecule has 2 aliphatic heterocycles. The molecule has 6 atom stereocenters. The molecule has 3 N–H and O–H groups in total. The molecule has 3 fully saturated rings. The third-order valence-electron chi connectivity index (χ3n) is 6.73. The zero-order chi connectivity index (χ0) is 21.0. The van der Waals surface area contributed by atoms with Gasteiger partial charge in [-0.3, -0.25) is 14.5 Å². The van der Waals surface area contributed by atoms with E-state index in [0.29, 0.717) is 17.9 Å². The van der Waals surface area contributed by atoms with Gasteiger partial charge in [-0.25, -0.2) is 0 Å². The molecule has 2 aromatic rings. The van der Waals surface area contributed by atoms with Gasteiger partial charge in [-0.2, -0.15) is 0 Å². The molecule has 0 aromatic carbocycles. The molecule has 2 amide bonds. The highest BCUT2D eigenvalue weighted by Gasteiger charge is 2.66. The number of ether oxygens (including phenoxy) is 1. The minimum atomic E-state index is -1.72. The third-order valence-corrected chi connectivity index (χ3v) is 7.59. The van der Waals surface area contributed by atoms with Crippen molar-refractivity contribution in [2.45, 2.75) is 37.9 Å². The zero-order valence-corrected chi connectivity index (χ0v) is 17.0. The van der Waals surface area contributed by atoms with Crippen LogP contribution in [0.2, 0.25) is 0 Å². The van der Waals surface area contributed by atoms with E-state index in [1.165, 1.54) is 16.2 Å². The molecule has 0 unspecified atom stereocenters. The van der Waals surface area contributed by atoms with Crippen LogP contribution in [0.25, 0.3) is 0 Å². The maximum atomic E-state index is 13.3. The largest absolute Gasteiger partial charge is 0.461 e. The zero-order valence-electron chi connectivity index (χ0n) is 16.1. The molecule has 3 aliphatic rings. The quantitative estimate of drug-likeness (QED) is 0.610. The molecule has 160 valence electrons. The number of furan rings is 1. The Labute approximate surface area is 176 Å². The molecule has 5 rings (SSSR count). The fraction of sp³-hybridized carbons (Fsp3) is 0.524. The van der Waals surface area contributed by atoms with E-state index in [1.54, 1.807) is 12.1 Å². The number of carbonyl (C=O) groups is 2. The average Bonchev–Trinajstić information content (AvgIpc) is 3.51. The number of fused-ring (bicyclic) bond motifs is 3. The Morgan fingerprint density at radius 1 is 1.17 bits per heavy atom. The van der Waals surface area contributed by atoms with Crippen LogP contribution >= 0.6 is 11.3 Å². The lowest BCUT2D eigenvalue weighted by molar-refractivity contribution is -0.275. The number of imide groups is 1. The number of rotatable bonds is 5. The molecule has 0 spiro atoms. The number of amides is 2. The number of hydrogen-bond donors (Lipinski definition) is 3. The summed E-state index contributed by atoms with van der Waals surface area (Å²) < 4.78 is 11.6. The Morgan fingerprint density at radius 2 is 2.00 bits per heavy atom. The summed E-state index contributed by atoms with van der Waals surface area (Å²) in [7, 11) is 0. The predicted octanol–water partition coefficient (Wildman–Crippen LogP) is 1.41. The monoisotopic (exact) mass is 433 g/mol. The van der Waals surface area contributed by atoms with Crippen molar-refractivity contribution in [3.63, 3.8) is 0 Å². The Hall–Kier alpha value is -2.04. The highest BCUT2D eigenvalue weighted by Crippen LogP contribution is 2.58. The van der Waals surface area contributed by atoms with Gasteiger partial charge >= 0.3 is 0 Å². The SMILES string of the molecule is O=C1[C@H]2[C@H](C[C@H](CO)[C@@]3(O)O[C@H](c4ccc(CO)o4)C[C@@H]23)C(=O)N1Cc1cccs1. The van der Waals surface area contributed by atoms with Crippen molar-refractivity contribution >= 4 is 23.2 Å². The topological polar surface area (TPSA) is 120 Å². The standard InChI is InChI=1S/C21H23NO7S/c23-9-11-6-14-18(20(26)22(19(14)25)8-13-2-1-5-30-13)15-7-17(29-21(11,15)27)16-4-3-12(10-24)28-16/h1-5,11,14-15,17-18,23-24,27H,6-10H2/t11-,14+,15+,17+,18+,21-/m1/s1. The van der Waals surface area contributed by atoms with Gasteiger partial charge in [-0.1, -0.05) is 6.07 Å². The van der Waals surface area contributed by atoms with Crippen molar-refractivity contribution in [3.05, 3.63) is 46.0 Å². The maximum absolute atomic E-state index is 13.3. The van der Waals surface area contributed by atoms with Gasteiger partial charge in [0.05, 0.1) is 25.0 Å². The van der Waals surface area contributed by atoms with Gasteiger partial charge in [0.1, 0.15) is 24.2 Å². The summed E-state index contributed by atoms with van der Waals surface area (Å²) in [5, 5.41) is 32.5. The second-order valence-corrected chi connectivity index (χ2v) is 9.28. The van der Waals surface area contributed by atoms with Crippen molar-refractivity contribution in [1.29, 1.82) is 0 Å². The summed E-state index contributed by atoms with van der Waals surface area (Å²) in [4.78, 5) is 28.6. The average molecular weight is 433 g/mol. The first kappa shape index (κ1) is 19.9. The van der Waals surface area contributed by atoms with Crippen LogP contribution in [-0.4, -0.2) is 44.4 Å². The van der Waals surface area contributed by atoms with E-state index in [-0.39, 0.29) is 38.0 Å². The van der Waals surface area contributed by atoms with E-state index in [4.69, 9.17) is 9.15 Å². The molecule has 30 heavy (non-hydrogen) atoms. The second-order valence-electron chi connectivity index (χ2n) is 8.25. The fourth-order valence-electron chi connectivity index (χ4n) is 5.30. The van der Waals surface area contributed by atoms with Crippen LogP contribution in [0, 0.1) is 23.7 Å². The second kappa shape index (κ2) is 7.28. The van der Waals surface area contributed by atoms with Gasteiger partial charge in [0.15, 0.2) is 5.79 Å². The minimum absolute atomic E-state index is 0.187. The van der Waals surface area contributed by atoms with Crippen molar-refractivity contribution < 1.29 is 34.1 Å². The molecule has 0 bridgehead atoms. The van der Waals surface area contributed by atoms with Crippen molar-refractivity contribution in [3.8, 4) is 0 Å². The molecular formula is C21H23NO7S. The first-order valence-electron chi connectivity index (χ1n) is 10.0. The fourth-order valence-corrected chi connectivity index (χ4v) is 5.99. The van der Waals surface area contributed by atoms with Crippen molar-refractivity contribution in [1.82, 2.24) is 4.90 Å². The van der Waals surface area contributed by atoms with E-state index >= 15 is 0 Å². The van der Waals surface area contributed by atoms with Gasteiger partial charge < -0.3 is 24.5 Å². The van der Waals surface area contributed by atoms with E-state index < -0.39 is 35.6 Å². The summed E-state index contributed by atoms with van der Waals surface area (Å²) in [5.74, 6) is -4.02. The van der Waals surface area contributed by atoms with Crippen LogP contribution < -0.4 is 0 Å². The van der Waals surface area contributed by atoms with Gasteiger partial charge in [-0.05, 0) is 36.4 Å². The molecule has 2 aromatic heterocycles. The molecule has 0 radical (unpaired) electrons. The van der Waals surface area contributed by atoms with Crippen LogP contribution in [0.5, 0.6) is 0 Å². The summed E-state index contributed by atoms with van der Waals surface area (Å²) in [6.45, 7) is -0.385. The first-order chi connectivity index (χ1) is 14.5. The highest BCUT2D eigenvalue weighted by molar-refractivity contribution is 7.09. The Kier molecular flexibility index (Phi) is 4.83. The van der Waals surface area contributed by atoms with Gasteiger partial charge in [0.25, 0.3) is 0 Å². The molecule has 1 saturated carbocycles. The van der Waals surface area contributed by atoms with Crippen LogP contribution in [0.1, 0.15) is 35.3 Å².